The smallest absolute Gasteiger partial charge is 0.439 e. The van der Waals surface area contributed by atoms with Gasteiger partial charge in [0.15, 0.2) is 5.82 Å². The van der Waals surface area contributed by atoms with E-state index < -0.39 is 7.12 Å². The molecule has 33 heavy (non-hydrogen) atoms. The van der Waals surface area contributed by atoms with E-state index in [-0.39, 0.29) is 11.3 Å². The van der Waals surface area contributed by atoms with Crippen molar-refractivity contribution in [2.75, 3.05) is 5.32 Å². The van der Waals surface area contributed by atoms with Crippen molar-refractivity contribution in [2.45, 2.75) is 0 Å². The lowest BCUT2D eigenvalue weighted by Gasteiger charge is -2.12. The molecule has 5 aromatic rings. The number of aromatic nitrogens is 3. The molecule has 5 rings (SSSR count). The molecule has 0 saturated carbocycles. The summed E-state index contributed by atoms with van der Waals surface area (Å²) in [6.07, 6.45) is 1.53. The monoisotopic (exact) mass is 434 g/mol. The Morgan fingerprint density at radius 3 is 2.21 bits per heavy atom. The van der Waals surface area contributed by atoms with Gasteiger partial charge in [0.1, 0.15) is 11.4 Å². The quantitative estimate of drug-likeness (QED) is 0.349. The lowest BCUT2D eigenvalue weighted by Crippen LogP contribution is -2.31. The average Bonchev–Trinajstić information content (AvgIpc) is 2.86. The van der Waals surface area contributed by atoms with Crippen LogP contribution >= 0.6 is 0 Å². The molecule has 0 aliphatic carbocycles. The van der Waals surface area contributed by atoms with Crippen LogP contribution in [0, 0.1) is 0 Å². The van der Waals surface area contributed by atoms with E-state index >= 15 is 0 Å². The van der Waals surface area contributed by atoms with Crippen LogP contribution in [0.3, 0.4) is 0 Å². The van der Waals surface area contributed by atoms with Crippen LogP contribution in [0.25, 0.3) is 22.0 Å². The molecular formula is C25H19BN4O3. The van der Waals surface area contributed by atoms with E-state index in [0.29, 0.717) is 11.6 Å². The number of nitrogens with zero attached hydrogens (tertiary/aromatic N) is 3. The Balaban J connectivity index is 1.41. The summed E-state index contributed by atoms with van der Waals surface area (Å²) < 4.78 is 5.72. The zero-order valence-corrected chi connectivity index (χ0v) is 17.5. The standard InChI is InChI=1S/C25H19BN4O3/c31-26(32)22-11-6-16-27-25(22)33-19-14-12-18(13-15-19)28-24-21-10-5-4-9-20(21)23(29-30-24)17-7-2-1-3-8-17/h1-16,31-32H,(H,28,30). The zero-order chi connectivity index (χ0) is 22.6. The maximum atomic E-state index is 9.48. The van der Waals surface area contributed by atoms with E-state index in [1.54, 1.807) is 24.3 Å². The summed E-state index contributed by atoms with van der Waals surface area (Å²) in [6.45, 7) is 0. The Kier molecular flexibility index (Phi) is 5.67. The topological polar surface area (TPSA) is 100 Å². The molecule has 0 atom stereocenters. The maximum absolute atomic E-state index is 9.48. The van der Waals surface area contributed by atoms with Gasteiger partial charge < -0.3 is 20.1 Å². The molecule has 0 amide bonds. The van der Waals surface area contributed by atoms with Crippen molar-refractivity contribution in [3.63, 3.8) is 0 Å². The van der Waals surface area contributed by atoms with Crippen LogP contribution < -0.4 is 15.5 Å². The third-order valence-corrected chi connectivity index (χ3v) is 5.14. The van der Waals surface area contributed by atoms with Crippen molar-refractivity contribution >= 4 is 34.9 Å². The van der Waals surface area contributed by atoms with Crippen LogP contribution in [0.5, 0.6) is 11.6 Å². The van der Waals surface area contributed by atoms with Gasteiger partial charge in [-0.05, 0) is 30.3 Å². The zero-order valence-electron chi connectivity index (χ0n) is 17.5. The van der Waals surface area contributed by atoms with E-state index in [9.17, 15) is 10.0 Å². The third kappa shape index (κ3) is 4.38. The summed E-state index contributed by atoms with van der Waals surface area (Å²) in [6, 6.07) is 28.4. The molecule has 0 radical (unpaired) electrons. The van der Waals surface area contributed by atoms with Gasteiger partial charge in [0.05, 0.1) is 0 Å². The number of hydrogen-bond donors (Lipinski definition) is 3. The number of fused-ring (bicyclic) bond motifs is 1. The van der Waals surface area contributed by atoms with E-state index in [1.165, 1.54) is 6.20 Å². The molecule has 8 heteroatoms. The van der Waals surface area contributed by atoms with E-state index in [4.69, 9.17) is 4.74 Å². The first kappa shape index (κ1) is 20.6. The van der Waals surface area contributed by atoms with E-state index in [0.717, 1.165) is 27.7 Å². The minimum Gasteiger partial charge on any atom is -0.439 e. The van der Waals surface area contributed by atoms with Gasteiger partial charge in [-0.15, -0.1) is 10.2 Å². The van der Waals surface area contributed by atoms with Gasteiger partial charge in [0.25, 0.3) is 0 Å². The number of hydrogen-bond acceptors (Lipinski definition) is 7. The molecule has 2 aromatic heterocycles. The number of nitrogens with one attached hydrogen (secondary N) is 1. The summed E-state index contributed by atoms with van der Waals surface area (Å²) in [5.74, 6) is 1.30. The van der Waals surface area contributed by atoms with Crippen molar-refractivity contribution in [3.8, 4) is 22.9 Å². The highest BCUT2D eigenvalue weighted by molar-refractivity contribution is 6.59. The fraction of sp³-hybridized carbons (Fsp3) is 0. The molecule has 0 aliphatic rings. The lowest BCUT2D eigenvalue weighted by atomic mass is 9.81. The maximum Gasteiger partial charge on any atom is 0.494 e. The number of rotatable bonds is 6. The molecule has 0 saturated heterocycles. The van der Waals surface area contributed by atoms with Crippen molar-refractivity contribution in [3.05, 3.63) is 97.2 Å². The van der Waals surface area contributed by atoms with Crippen LogP contribution in [0.15, 0.2) is 97.2 Å². The normalized spacial score (nSPS) is 10.7. The number of benzene rings is 3. The van der Waals surface area contributed by atoms with Crippen molar-refractivity contribution in [2.24, 2.45) is 0 Å². The molecule has 0 unspecified atom stereocenters. The van der Waals surface area contributed by atoms with Gasteiger partial charge in [-0.25, -0.2) is 4.98 Å². The molecule has 7 nitrogen and oxygen atoms in total. The number of ether oxygens (including phenoxy) is 1. The first-order valence-corrected chi connectivity index (χ1v) is 10.4. The molecule has 0 bridgehead atoms. The summed E-state index contributed by atoms with van der Waals surface area (Å²) in [5, 5.41) is 33.2. The highest BCUT2D eigenvalue weighted by Gasteiger charge is 2.18. The van der Waals surface area contributed by atoms with Gasteiger partial charge in [0.2, 0.25) is 5.88 Å². The second-order valence-corrected chi connectivity index (χ2v) is 7.33. The largest absolute Gasteiger partial charge is 0.494 e. The molecule has 0 spiro atoms. The van der Waals surface area contributed by atoms with Gasteiger partial charge in [0, 0.05) is 33.7 Å². The van der Waals surface area contributed by atoms with Gasteiger partial charge in [-0.3, -0.25) is 0 Å². The van der Waals surface area contributed by atoms with E-state index in [2.05, 4.69) is 20.5 Å². The highest BCUT2D eigenvalue weighted by atomic mass is 16.5. The molecular weight excluding hydrogens is 415 g/mol. The molecule has 0 aliphatic heterocycles. The summed E-state index contributed by atoms with van der Waals surface area (Å²) in [5.41, 5.74) is 2.84. The Hall–Kier alpha value is -4.27. The molecule has 3 aromatic carbocycles. The first-order chi connectivity index (χ1) is 16.2. The molecule has 0 fully saturated rings. The fourth-order valence-electron chi connectivity index (χ4n) is 3.55. The Morgan fingerprint density at radius 2 is 1.45 bits per heavy atom. The van der Waals surface area contributed by atoms with Crippen molar-refractivity contribution < 1.29 is 14.8 Å². The predicted molar refractivity (Wildman–Crippen MR) is 129 cm³/mol. The predicted octanol–water partition coefficient (Wildman–Crippen LogP) is 3.91. The minimum atomic E-state index is -1.67. The molecule has 160 valence electrons. The average molecular weight is 434 g/mol. The first-order valence-electron chi connectivity index (χ1n) is 10.4. The van der Waals surface area contributed by atoms with Crippen LogP contribution in [0.1, 0.15) is 0 Å². The second-order valence-electron chi connectivity index (χ2n) is 7.33. The Bertz CT molecular complexity index is 1400. The summed E-state index contributed by atoms with van der Waals surface area (Å²) in [7, 11) is -1.67. The van der Waals surface area contributed by atoms with Crippen LogP contribution in [-0.4, -0.2) is 32.3 Å². The minimum absolute atomic E-state index is 0.140. The van der Waals surface area contributed by atoms with E-state index in [1.807, 2.05) is 66.7 Å². The summed E-state index contributed by atoms with van der Waals surface area (Å²) >= 11 is 0. The fourth-order valence-corrected chi connectivity index (χ4v) is 3.55. The Morgan fingerprint density at radius 1 is 0.727 bits per heavy atom. The van der Waals surface area contributed by atoms with Crippen molar-refractivity contribution in [1.82, 2.24) is 15.2 Å². The van der Waals surface area contributed by atoms with Crippen LogP contribution in [0.4, 0.5) is 11.5 Å². The second kappa shape index (κ2) is 9.08. The van der Waals surface area contributed by atoms with Gasteiger partial charge in [-0.2, -0.15) is 0 Å². The van der Waals surface area contributed by atoms with Crippen LogP contribution in [0.2, 0.25) is 0 Å². The highest BCUT2D eigenvalue weighted by Crippen LogP contribution is 2.31. The van der Waals surface area contributed by atoms with Crippen LogP contribution in [-0.2, 0) is 0 Å². The van der Waals surface area contributed by atoms with Crippen molar-refractivity contribution in [1.29, 1.82) is 0 Å². The number of anilines is 2. The SMILES string of the molecule is OB(O)c1cccnc1Oc1ccc(Nc2nnc(-c3ccccc3)c3ccccc23)cc1. The Labute approximate surface area is 190 Å². The molecule has 3 N–H and O–H groups in total. The van der Waals surface area contributed by atoms with Gasteiger partial charge >= 0.3 is 7.12 Å². The lowest BCUT2D eigenvalue weighted by molar-refractivity contribution is 0.418. The third-order valence-electron chi connectivity index (χ3n) is 5.14. The van der Waals surface area contributed by atoms with Gasteiger partial charge in [-0.1, -0.05) is 60.7 Å². The number of pyridine rings is 1. The molecule has 2 heterocycles. The summed E-state index contributed by atoms with van der Waals surface area (Å²) in [4.78, 5) is 4.08.